The molecule has 30 heavy (non-hydrogen) atoms. The number of hydrogen-bond donors (Lipinski definition) is 1. The second kappa shape index (κ2) is 15.7. The number of rotatable bonds is 18. The summed E-state index contributed by atoms with van der Waals surface area (Å²) in [7, 11) is 4.37. The molecular formula is C27H50NO2+. The normalized spacial score (nSPS) is 11.8. The Kier molecular flexibility index (Phi) is 14.1. The highest BCUT2D eigenvalue weighted by atomic mass is 16.5. The fraction of sp³-hybridized carbons (Fsp3) is 0.778. The van der Waals surface area contributed by atoms with E-state index in [-0.39, 0.29) is 6.61 Å². The van der Waals surface area contributed by atoms with Crippen LogP contribution < -0.4 is 4.74 Å². The van der Waals surface area contributed by atoms with Crippen molar-refractivity contribution in [1.29, 1.82) is 0 Å². The standard InChI is InChI=1S/C27H50NO2/c1-6-9-10-11-12-13-14-15-16-17-20-30-27-25(7-2)21-24(22-26(27)8-3)23-28(4,5)18-19-29/h21-22,29H,6-20,23H2,1-5H3/q+1. The molecule has 1 aromatic carbocycles. The largest absolute Gasteiger partial charge is 0.493 e. The molecule has 0 aliphatic heterocycles. The summed E-state index contributed by atoms with van der Waals surface area (Å²) in [5, 5.41) is 9.32. The van der Waals surface area contributed by atoms with Gasteiger partial charge in [-0.15, -0.1) is 0 Å². The summed E-state index contributed by atoms with van der Waals surface area (Å²) in [5.74, 6) is 1.13. The number of hydrogen-bond acceptors (Lipinski definition) is 2. The van der Waals surface area contributed by atoms with Gasteiger partial charge in [0.1, 0.15) is 18.8 Å². The van der Waals surface area contributed by atoms with Crippen molar-refractivity contribution in [3.63, 3.8) is 0 Å². The molecule has 0 aromatic heterocycles. The van der Waals surface area contributed by atoms with Gasteiger partial charge in [-0.1, -0.05) is 78.6 Å². The summed E-state index contributed by atoms with van der Waals surface area (Å²) in [6.07, 6.45) is 15.5. The van der Waals surface area contributed by atoms with Crippen molar-refractivity contribution in [2.24, 2.45) is 0 Å². The van der Waals surface area contributed by atoms with Crippen LogP contribution in [-0.2, 0) is 19.4 Å². The van der Waals surface area contributed by atoms with E-state index in [1.165, 1.54) is 74.5 Å². The van der Waals surface area contributed by atoms with Crippen molar-refractivity contribution >= 4 is 0 Å². The number of quaternary nitrogens is 1. The lowest BCUT2D eigenvalue weighted by molar-refractivity contribution is -0.903. The minimum Gasteiger partial charge on any atom is -0.493 e. The van der Waals surface area contributed by atoms with E-state index in [4.69, 9.17) is 4.74 Å². The number of unbranched alkanes of at least 4 members (excludes halogenated alkanes) is 9. The number of likely N-dealkylation sites (N-methyl/N-ethyl adjacent to an activating group) is 1. The maximum absolute atomic E-state index is 9.32. The average Bonchev–Trinajstić information content (AvgIpc) is 2.71. The molecule has 3 nitrogen and oxygen atoms in total. The molecule has 1 N–H and O–H groups in total. The van der Waals surface area contributed by atoms with Gasteiger partial charge in [0, 0.05) is 5.56 Å². The van der Waals surface area contributed by atoms with E-state index >= 15 is 0 Å². The summed E-state index contributed by atoms with van der Waals surface area (Å²) in [4.78, 5) is 0. The molecule has 0 spiro atoms. The van der Waals surface area contributed by atoms with Crippen LogP contribution in [0.1, 0.15) is 102 Å². The number of aliphatic hydroxyl groups is 1. The second-order valence-corrected chi connectivity index (χ2v) is 9.52. The number of nitrogens with zero attached hydrogens (tertiary/aromatic N) is 1. The molecule has 0 saturated heterocycles. The lowest BCUT2D eigenvalue weighted by Gasteiger charge is -2.29. The maximum atomic E-state index is 9.32. The SMILES string of the molecule is CCCCCCCCCCCCOc1c(CC)cc(C[N+](C)(C)CCO)cc1CC. The van der Waals surface area contributed by atoms with Crippen molar-refractivity contribution in [2.45, 2.75) is 104 Å². The molecule has 1 rings (SSSR count). The fourth-order valence-electron chi connectivity index (χ4n) is 4.24. The van der Waals surface area contributed by atoms with Gasteiger partial charge in [-0.2, -0.15) is 0 Å². The van der Waals surface area contributed by atoms with E-state index in [0.29, 0.717) is 0 Å². The molecule has 3 heteroatoms. The Bertz CT molecular complexity index is 543. The van der Waals surface area contributed by atoms with Gasteiger partial charge in [-0.05, 0) is 42.5 Å². The van der Waals surface area contributed by atoms with Gasteiger partial charge in [0.2, 0.25) is 0 Å². The van der Waals surface area contributed by atoms with Crippen molar-refractivity contribution in [1.82, 2.24) is 0 Å². The first-order valence-electron chi connectivity index (χ1n) is 12.7. The summed E-state index contributed by atoms with van der Waals surface area (Å²) in [5.41, 5.74) is 4.02. The van der Waals surface area contributed by atoms with E-state index in [1.54, 1.807) is 0 Å². The summed E-state index contributed by atoms with van der Waals surface area (Å²) >= 11 is 0. The van der Waals surface area contributed by atoms with E-state index in [1.807, 2.05) is 0 Å². The second-order valence-electron chi connectivity index (χ2n) is 9.52. The zero-order valence-corrected chi connectivity index (χ0v) is 20.8. The monoisotopic (exact) mass is 420 g/mol. The minimum absolute atomic E-state index is 0.230. The van der Waals surface area contributed by atoms with Crippen LogP contribution in [0.2, 0.25) is 0 Å². The summed E-state index contributed by atoms with van der Waals surface area (Å²) in [6, 6.07) is 4.65. The lowest BCUT2D eigenvalue weighted by atomic mass is 9.99. The van der Waals surface area contributed by atoms with Crippen molar-refractivity contribution in [3.05, 3.63) is 28.8 Å². The predicted octanol–water partition coefficient (Wildman–Crippen LogP) is 6.68. The smallest absolute Gasteiger partial charge is 0.125 e. The minimum atomic E-state index is 0.230. The third-order valence-corrected chi connectivity index (χ3v) is 6.12. The molecule has 0 amide bonds. The highest BCUT2D eigenvalue weighted by Crippen LogP contribution is 2.29. The summed E-state index contributed by atoms with van der Waals surface area (Å²) in [6.45, 7) is 9.51. The Morgan fingerprint density at radius 2 is 1.27 bits per heavy atom. The highest BCUT2D eigenvalue weighted by Gasteiger charge is 2.18. The lowest BCUT2D eigenvalue weighted by Crippen LogP contribution is -2.41. The number of aryl methyl sites for hydroxylation is 2. The first-order chi connectivity index (χ1) is 14.5. The van der Waals surface area contributed by atoms with Crippen LogP contribution >= 0.6 is 0 Å². The first kappa shape index (κ1) is 27.0. The topological polar surface area (TPSA) is 29.5 Å². The van der Waals surface area contributed by atoms with Crippen LogP contribution in [0.4, 0.5) is 0 Å². The molecule has 0 fully saturated rings. The van der Waals surface area contributed by atoms with Gasteiger partial charge < -0.3 is 14.3 Å². The molecule has 0 unspecified atom stereocenters. The van der Waals surface area contributed by atoms with Gasteiger partial charge in [-0.25, -0.2) is 0 Å². The van der Waals surface area contributed by atoms with Crippen molar-refractivity contribution in [2.75, 3.05) is 33.9 Å². The first-order valence-corrected chi connectivity index (χ1v) is 12.7. The molecule has 0 atom stereocenters. The third-order valence-electron chi connectivity index (χ3n) is 6.12. The average molecular weight is 421 g/mol. The maximum Gasteiger partial charge on any atom is 0.125 e. The van der Waals surface area contributed by atoms with Crippen LogP contribution in [0.15, 0.2) is 12.1 Å². The van der Waals surface area contributed by atoms with Crippen LogP contribution in [0.25, 0.3) is 0 Å². The van der Waals surface area contributed by atoms with E-state index < -0.39 is 0 Å². The van der Waals surface area contributed by atoms with E-state index in [0.717, 1.165) is 49.2 Å². The Morgan fingerprint density at radius 1 is 0.767 bits per heavy atom. The van der Waals surface area contributed by atoms with Gasteiger partial charge in [0.15, 0.2) is 0 Å². The number of benzene rings is 1. The molecule has 1 aromatic rings. The van der Waals surface area contributed by atoms with Crippen LogP contribution in [0.3, 0.4) is 0 Å². The van der Waals surface area contributed by atoms with Gasteiger partial charge in [0.05, 0.1) is 27.3 Å². The van der Waals surface area contributed by atoms with Gasteiger partial charge >= 0.3 is 0 Å². The molecule has 174 valence electrons. The zero-order chi connectivity index (χ0) is 22.2. The fourth-order valence-corrected chi connectivity index (χ4v) is 4.24. The van der Waals surface area contributed by atoms with Crippen molar-refractivity contribution < 1.29 is 14.3 Å². The highest BCUT2D eigenvalue weighted by molar-refractivity contribution is 5.45. The predicted molar refractivity (Wildman–Crippen MR) is 130 cm³/mol. The van der Waals surface area contributed by atoms with Crippen molar-refractivity contribution in [3.8, 4) is 5.75 Å². The molecule has 0 heterocycles. The van der Waals surface area contributed by atoms with Gasteiger partial charge in [-0.3, -0.25) is 0 Å². The molecule has 0 radical (unpaired) electrons. The Labute approximate surface area is 187 Å². The number of aliphatic hydroxyl groups excluding tert-OH is 1. The Balaban J connectivity index is 2.46. The van der Waals surface area contributed by atoms with Crippen LogP contribution in [-0.4, -0.2) is 43.4 Å². The Hall–Kier alpha value is -1.06. The molecule has 0 aliphatic rings. The van der Waals surface area contributed by atoms with Gasteiger partial charge in [0.25, 0.3) is 0 Å². The molecule has 0 saturated carbocycles. The van der Waals surface area contributed by atoms with Crippen LogP contribution in [0.5, 0.6) is 5.75 Å². The van der Waals surface area contributed by atoms with E-state index in [2.05, 4.69) is 47.0 Å². The van der Waals surface area contributed by atoms with Crippen LogP contribution in [0, 0.1) is 0 Å². The third kappa shape index (κ3) is 10.8. The molecule has 0 bridgehead atoms. The molecular weight excluding hydrogens is 370 g/mol. The summed E-state index contributed by atoms with van der Waals surface area (Å²) < 4.78 is 7.12. The molecule has 0 aliphatic carbocycles. The van der Waals surface area contributed by atoms with E-state index in [9.17, 15) is 5.11 Å². The zero-order valence-electron chi connectivity index (χ0n) is 20.8. The number of ether oxygens (including phenoxy) is 1. The quantitative estimate of drug-likeness (QED) is 0.212. The Morgan fingerprint density at radius 3 is 1.73 bits per heavy atom.